The number of carbonyl (C=O) groups excluding carboxylic acids is 1. The minimum atomic E-state index is -0.521. The number of ketones is 1. The van der Waals surface area contributed by atoms with Crippen LogP contribution in [-0.4, -0.2) is 17.9 Å². The lowest BCUT2D eigenvalue weighted by molar-refractivity contribution is 0.0982. The van der Waals surface area contributed by atoms with Crippen molar-refractivity contribution in [3.63, 3.8) is 0 Å². The van der Waals surface area contributed by atoms with Crippen molar-refractivity contribution in [2.24, 2.45) is 0 Å². The Labute approximate surface area is 133 Å². The molecule has 3 aromatic rings. The highest BCUT2D eigenvalue weighted by Crippen LogP contribution is 2.21. The summed E-state index contributed by atoms with van der Waals surface area (Å²) in [5.74, 6) is -0.471. The molecule has 23 heavy (non-hydrogen) atoms. The standard InChI is InChI=1S/C19H16FNO2/c1-23-19-9-7-14(12-16(19)20)18(22)8-6-13-10-11-21-17-5-3-2-4-15(13)17/h2-5,7,9-12H,6,8H2,1H3. The molecule has 1 heterocycles. The van der Waals surface area contributed by atoms with E-state index in [1.807, 2.05) is 30.3 Å². The molecule has 2 aromatic carbocycles. The van der Waals surface area contributed by atoms with Gasteiger partial charge >= 0.3 is 0 Å². The van der Waals surface area contributed by atoms with E-state index in [2.05, 4.69) is 4.98 Å². The normalized spacial score (nSPS) is 10.7. The third-order valence-electron chi connectivity index (χ3n) is 3.83. The first kappa shape index (κ1) is 15.2. The number of benzene rings is 2. The number of halogens is 1. The molecule has 116 valence electrons. The average molecular weight is 309 g/mol. The minimum absolute atomic E-state index is 0.0903. The molecule has 0 N–H and O–H groups in total. The summed E-state index contributed by atoms with van der Waals surface area (Å²) < 4.78 is 18.6. The molecule has 0 fully saturated rings. The number of methoxy groups -OCH3 is 1. The van der Waals surface area contributed by atoms with Crippen LogP contribution in [0.5, 0.6) is 5.75 Å². The molecule has 4 heteroatoms. The SMILES string of the molecule is COc1ccc(C(=O)CCc2ccnc3ccccc23)cc1F. The van der Waals surface area contributed by atoms with Gasteiger partial charge in [0.05, 0.1) is 12.6 Å². The number of Topliss-reactive ketones (excluding diaryl/α,β-unsaturated/α-hetero) is 1. The Morgan fingerprint density at radius 2 is 2.00 bits per heavy atom. The van der Waals surface area contributed by atoms with E-state index >= 15 is 0 Å². The van der Waals surface area contributed by atoms with Crippen LogP contribution in [-0.2, 0) is 6.42 Å². The van der Waals surface area contributed by atoms with Crippen LogP contribution in [0.15, 0.2) is 54.7 Å². The van der Waals surface area contributed by atoms with Gasteiger partial charge < -0.3 is 4.74 Å². The molecule has 3 rings (SSSR count). The van der Waals surface area contributed by atoms with Gasteiger partial charge in [-0.05, 0) is 42.3 Å². The van der Waals surface area contributed by atoms with Gasteiger partial charge in [0.1, 0.15) is 0 Å². The molecule has 0 amide bonds. The Morgan fingerprint density at radius 3 is 2.78 bits per heavy atom. The maximum atomic E-state index is 13.7. The molecule has 0 bridgehead atoms. The number of aromatic nitrogens is 1. The first-order valence-electron chi connectivity index (χ1n) is 7.38. The van der Waals surface area contributed by atoms with Gasteiger partial charge in [0.15, 0.2) is 17.3 Å². The van der Waals surface area contributed by atoms with E-state index < -0.39 is 5.82 Å². The Bertz CT molecular complexity index is 856. The summed E-state index contributed by atoms with van der Waals surface area (Å²) in [6.07, 6.45) is 2.66. The quantitative estimate of drug-likeness (QED) is 0.663. The van der Waals surface area contributed by atoms with Crippen molar-refractivity contribution in [1.29, 1.82) is 0 Å². The molecule has 0 atom stereocenters. The van der Waals surface area contributed by atoms with Gasteiger partial charge in [-0.15, -0.1) is 0 Å². The second-order valence-electron chi connectivity index (χ2n) is 5.26. The number of hydrogen-bond acceptors (Lipinski definition) is 3. The van der Waals surface area contributed by atoms with Crippen LogP contribution in [0.1, 0.15) is 22.3 Å². The van der Waals surface area contributed by atoms with E-state index in [1.54, 1.807) is 12.3 Å². The summed E-state index contributed by atoms with van der Waals surface area (Å²) in [7, 11) is 1.40. The molecule has 0 aliphatic rings. The number of hydrogen-bond donors (Lipinski definition) is 0. The van der Waals surface area contributed by atoms with Crippen LogP contribution in [0.4, 0.5) is 4.39 Å². The number of fused-ring (bicyclic) bond motifs is 1. The molecule has 0 unspecified atom stereocenters. The van der Waals surface area contributed by atoms with Crippen LogP contribution in [0.2, 0.25) is 0 Å². The molecule has 0 aliphatic heterocycles. The lowest BCUT2D eigenvalue weighted by Crippen LogP contribution is -2.03. The highest BCUT2D eigenvalue weighted by molar-refractivity contribution is 5.96. The van der Waals surface area contributed by atoms with E-state index in [4.69, 9.17) is 4.74 Å². The van der Waals surface area contributed by atoms with Crippen molar-refractivity contribution in [2.45, 2.75) is 12.8 Å². The first-order valence-corrected chi connectivity index (χ1v) is 7.38. The maximum Gasteiger partial charge on any atom is 0.165 e. The second-order valence-corrected chi connectivity index (χ2v) is 5.26. The zero-order valence-electron chi connectivity index (χ0n) is 12.8. The number of para-hydroxylation sites is 1. The van der Waals surface area contributed by atoms with Crippen LogP contribution in [0.25, 0.3) is 10.9 Å². The van der Waals surface area contributed by atoms with Crippen molar-refractivity contribution in [3.05, 3.63) is 71.7 Å². The van der Waals surface area contributed by atoms with Gasteiger partial charge in [0.2, 0.25) is 0 Å². The summed E-state index contributed by atoms with van der Waals surface area (Å²) >= 11 is 0. The van der Waals surface area contributed by atoms with Gasteiger partial charge in [-0.3, -0.25) is 9.78 Å². The minimum Gasteiger partial charge on any atom is -0.494 e. The number of ether oxygens (including phenoxy) is 1. The van der Waals surface area contributed by atoms with Gasteiger partial charge in [-0.1, -0.05) is 18.2 Å². The highest BCUT2D eigenvalue weighted by Gasteiger charge is 2.11. The molecule has 3 nitrogen and oxygen atoms in total. The van der Waals surface area contributed by atoms with Crippen molar-refractivity contribution < 1.29 is 13.9 Å². The Balaban J connectivity index is 1.77. The highest BCUT2D eigenvalue weighted by atomic mass is 19.1. The molecular formula is C19H16FNO2. The van der Waals surface area contributed by atoms with E-state index in [1.165, 1.54) is 19.2 Å². The molecular weight excluding hydrogens is 293 g/mol. The first-order chi connectivity index (χ1) is 11.2. The fourth-order valence-electron chi connectivity index (χ4n) is 2.61. The second kappa shape index (κ2) is 6.57. The summed E-state index contributed by atoms with van der Waals surface area (Å²) in [4.78, 5) is 16.6. The largest absolute Gasteiger partial charge is 0.494 e. The summed E-state index contributed by atoms with van der Waals surface area (Å²) in [6.45, 7) is 0. The predicted octanol–water partition coefficient (Wildman–Crippen LogP) is 4.20. The van der Waals surface area contributed by atoms with Gasteiger partial charge in [-0.25, -0.2) is 4.39 Å². The van der Waals surface area contributed by atoms with Crippen LogP contribution in [0, 0.1) is 5.82 Å². The molecule has 0 saturated carbocycles. The van der Waals surface area contributed by atoms with E-state index in [9.17, 15) is 9.18 Å². The van der Waals surface area contributed by atoms with Crippen molar-refractivity contribution in [1.82, 2.24) is 4.98 Å². The van der Waals surface area contributed by atoms with Crippen LogP contribution < -0.4 is 4.74 Å². The van der Waals surface area contributed by atoms with Crippen molar-refractivity contribution in [3.8, 4) is 5.75 Å². The van der Waals surface area contributed by atoms with E-state index in [0.717, 1.165) is 16.5 Å². The molecule has 0 spiro atoms. The monoisotopic (exact) mass is 309 g/mol. The van der Waals surface area contributed by atoms with E-state index in [-0.39, 0.29) is 11.5 Å². The summed E-state index contributed by atoms with van der Waals surface area (Å²) in [5, 5.41) is 1.05. The van der Waals surface area contributed by atoms with Crippen LogP contribution >= 0.6 is 0 Å². The molecule has 0 aliphatic carbocycles. The Kier molecular flexibility index (Phi) is 4.33. The third-order valence-corrected chi connectivity index (χ3v) is 3.83. The number of pyridine rings is 1. The van der Waals surface area contributed by atoms with Gasteiger partial charge in [0.25, 0.3) is 0 Å². The topological polar surface area (TPSA) is 39.2 Å². The van der Waals surface area contributed by atoms with Crippen LogP contribution in [0.3, 0.4) is 0 Å². The smallest absolute Gasteiger partial charge is 0.165 e. The van der Waals surface area contributed by atoms with Crippen molar-refractivity contribution in [2.75, 3.05) is 7.11 Å². The van der Waals surface area contributed by atoms with E-state index in [0.29, 0.717) is 18.4 Å². The number of nitrogens with zero attached hydrogens (tertiary/aromatic N) is 1. The Morgan fingerprint density at radius 1 is 1.17 bits per heavy atom. The zero-order valence-corrected chi connectivity index (χ0v) is 12.8. The third kappa shape index (κ3) is 3.21. The summed E-state index contributed by atoms with van der Waals surface area (Å²) in [5.41, 5.74) is 2.34. The predicted molar refractivity (Wildman–Crippen MR) is 87.3 cm³/mol. The summed E-state index contributed by atoms with van der Waals surface area (Å²) in [6, 6.07) is 14.0. The van der Waals surface area contributed by atoms with Crippen molar-refractivity contribution >= 4 is 16.7 Å². The molecule has 0 radical (unpaired) electrons. The molecule has 1 aromatic heterocycles. The number of rotatable bonds is 5. The average Bonchev–Trinajstić information content (AvgIpc) is 2.59. The van der Waals surface area contributed by atoms with Gasteiger partial charge in [0, 0.05) is 23.6 Å². The number of aryl methyl sites for hydroxylation is 1. The number of carbonyl (C=O) groups is 1. The fraction of sp³-hybridized carbons (Fsp3) is 0.158. The fourth-order valence-corrected chi connectivity index (χ4v) is 2.61. The zero-order chi connectivity index (χ0) is 16.2. The Hall–Kier alpha value is -2.75. The molecule has 0 saturated heterocycles. The maximum absolute atomic E-state index is 13.7. The lowest BCUT2D eigenvalue weighted by atomic mass is 10.00. The van der Waals surface area contributed by atoms with Gasteiger partial charge in [-0.2, -0.15) is 0 Å². The lowest BCUT2D eigenvalue weighted by Gasteiger charge is -2.07.